The molecule has 1 aliphatic carbocycles. The second kappa shape index (κ2) is 6.00. The Hall–Kier alpha value is -0.960. The third-order valence-electron chi connectivity index (χ3n) is 4.26. The summed E-state index contributed by atoms with van der Waals surface area (Å²) in [7, 11) is 0. The first kappa shape index (κ1) is 13.0. The smallest absolute Gasteiger partial charge is 0.157 e. The molecule has 3 unspecified atom stereocenters. The van der Waals surface area contributed by atoms with Crippen molar-refractivity contribution < 1.29 is 0 Å². The van der Waals surface area contributed by atoms with Gasteiger partial charge in [0.15, 0.2) is 5.17 Å². The predicted octanol–water partition coefficient (Wildman–Crippen LogP) is 4.00. The Morgan fingerprint density at radius 1 is 1.16 bits per heavy atom. The molecule has 19 heavy (non-hydrogen) atoms. The Bertz CT molecular complexity index is 443. The second-order valence-corrected chi connectivity index (χ2v) is 6.69. The highest BCUT2D eigenvalue weighted by Crippen LogP contribution is 2.31. The van der Waals surface area contributed by atoms with Crippen LogP contribution in [0.1, 0.15) is 44.2 Å². The van der Waals surface area contributed by atoms with E-state index in [0.717, 1.165) is 16.8 Å². The summed E-state index contributed by atoms with van der Waals surface area (Å²) in [6.07, 6.45) is 5.42. The Morgan fingerprint density at radius 3 is 2.74 bits per heavy atom. The van der Waals surface area contributed by atoms with Gasteiger partial charge in [0.2, 0.25) is 0 Å². The van der Waals surface area contributed by atoms with Gasteiger partial charge in [0.1, 0.15) is 0 Å². The molecule has 3 heteroatoms. The number of hydrogen-bond acceptors (Lipinski definition) is 3. The SMILES string of the molecule is CC1CCCCC1NC1=NC(c2ccccc2)CS1. The van der Waals surface area contributed by atoms with Crippen molar-refractivity contribution in [2.75, 3.05) is 5.75 Å². The van der Waals surface area contributed by atoms with Crippen LogP contribution in [0.4, 0.5) is 0 Å². The molecule has 2 nitrogen and oxygen atoms in total. The predicted molar refractivity (Wildman–Crippen MR) is 83.6 cm³/mol. The molecule has 1 N–H and O–H groups in total. The van der Waals surface area contributed by atoms with Crippen LogP contribution in [0.25, 0.3) is 0 Å². The molecule has 0 bridgehead atoms. The average Bonchev–Trinajstić information content (AvgIpc) is 2.91. The lowest BCUT2D eigenvalue weighted by atomic mass is 9.86. The molecule has 2 aliphatic rings. The second-order valence-electron chi connectivity index (χ2n) is 5.68. The summed E-state index contributed by atoms with van der Waals surface area (Å²) in [6.45, 7) is 2.37. The van der Waals surface area contributed by atoms with Crippen LogP contribution in [0, 0.1) is 5.92 Å². The summed E-state index contributed by atoms with van der Waals surface area (Å²) in [5.74, 6) is 1.86. The monoisotopic (exact) mass is 274 g/mol. The highest BCUT2D eigenvalue weighted by atomic mass is 32.2. The molecular formula is C16H22N2S. The first-order chi connectivity index (χ1) is 9.33. The third kappa shape index (κ3) is 3.14. The zero-order valence-electron chi connectivity index (χ0n) is 11.5. The van der Waals surface area contributed by atoms with Crippen molar-refractivity contribution in [1.82, 2.24) is 5.32 Å². The molecule has 0 amide bonds. The Balaban J connectivity index is 1.63. The molecule has 1 aliphatic heterocycles. The van der Waals surface area contributed by atoms with Crippen molar-refractivity contribution in [3.05, 3.63) is 35.9 Å². The van der Waals surface area contributed by atoms with Gasteiger partial charge >= 0.3 is 0 Å². The number of hydrogen-bond donors (Lipinski definition) is 1. The van der Waals surface area contributed by atoms with E-state index in [-0.39, 0.29) is 0 Å². The number of amidine groups is 1. The van der Waals surface area contributed by atoms with Gasteiger partial charge in [0, 0.05) is 11.8 Å². The molecule has 1 aromatic rings. The summed E-state index contributed by atoms with van der Waals surface area (Å²) in [6, 6.07) is 11.6. The molecule has 3 atom stereocenters. The summed E-state index contributed by atoms with van der Waals surface area (Å²) < 4.78 is 0. The normalized spacial score (nSPS) is 31.0. The number of nitrogens with one attached hydrogen (secondary N) is 1. The quantitative estimate of drug-likeness (QED) is 0.881. The van der Waals surface area contributed by atoms with Crippen LogP contribution in [0.15, 0.2) is 35.3 Å². The zero-order chi connectivity index (χ0) is 13.1. The maximum absolute atomic E-state index is 4.86. The Morgan fingerprint density at radius 2 is 1.95 bits per heavy atom. The lowest BCUT2D eigenvalue weighted by Crippen LogP contribution is -2.39. The zero-order valence-corrected chi connectivity index (χ0v) is 12.3. The number of thioether (sulfide) groups is 1. The maximum Gasteiger partial charge on any atom is 0.157 e. The van der Waals surface area contributed by atoms with Crippen molar-refractivity contribution in [2.45, 2.75) is 44.7 Å². The fourth-order valence-electron chi connectivity index (χ4n) is 2.99. The van der Waals surface area contributed by atoms with E-state index in [1.54, 1.807) is 0 Å². The van der Waals surface area contributed by atoms with Crippen LogP contribution in [-0.4, -0.2) is 17.0 Å². The molecule has 1 heterocycles. The highest BCUT2D eigenvalue weighted by Gasteiger charge is 2.25. The average molecular weight is 274 g/mol. The van der Waals surface area contributed by atoms with Gasteiger partial charge in [0.25, 0.3) is 0 Å². The van der Waals surface area contributed by atoms with Gasteiger partial charge in [-0.3, -0.25) is 4.99 Å². The summed E-state index contributed by atoms with van der Waals surface area (Å²) >= 11 is 1.88. The van der Waals surface area contributed by atoms with E-state index in [1.807, 2.05) is 11.8 Å². The van der Waals surface area contributed by atoms with Crippen LogP contribution < -0.4 is 5.32 Å². The van der Waals surface area contributed by atoms with E-state index >= 15 is 0 Å². The van der Waals surface area contributed by atoms with Crippen LogP contribution in [0.5, 0.6) is 0 Å². The lowest BCUT2D eigenvalue weighted by molar-refractivity contribution is 0.310. The molecular weight excluding hydrogens is 252 g/mol. The summed E-state index contributed by atoms with van der Waals surface area (Å²) in [4.78, 5) is 4.86. The van der Waals surface area contributed by atoms with Crippen LogP contribution in [0.2, 0.25) is 0 Å². The fraction of sp³-hybridized carbons (Fsp3) is 0.562. The third-order valence-corrected chi connectivity index (χ3v) is 5.23. The van der Waals surface area contributed by atoms with E-state index in [9.17, 15) is 0 Å². The van der Waals surface area contributed by atoms with E-state index in [0.29, 0.717) is 12.1 Å². The van der Waals surface area contributed by atoms with Crippen LogP contribution >= 0.6 is 11.8 Å². The van der Waals surface area contributed by atoms with Gasteiger partial charge in [-0.2, -0.15) is 0 Å². The minimum Gasteiger partial charge on any atom is -0.362 e. The van der Waals surface area contributed by atoms with Gasteiger partial charge in [-0.1, -0.05) is 61.9 Å². The van der Waals surface area contributed by atoms with Crippen molar-refractivity contribution in [1.29, 1.82) is 0 Å². The largest absolute Gasteiger partial charge is 0.362 e. The topological polar surface area (TPSA) is 24.4 Å². The van der Waals surface area contributed by atoms with Gasteiger partial charge < -0.3 is 5.32 Å². The Labute approximate surface area is 120 Å². The van der Waals surface area contributed by atoms with Crippen LogP contribution in [-0.2, 0) is 0 Å². The number of rotatable bonds is 2. The molecule has 3 rings (SSSR count). The van der Waals surface area contributed by atoms with E-state index < -0.39 is 0 Å². The van der Waals surface area contributed by atoms with Crippen molar-refractivity contribution in [2.24, 2.45) is 10.9 Å². The fourth-order valence-corrected chi connectivity index (χ4v) is 4.01. The minimum atomic E-state index is 0.340. The summed E-state index contributed by atoms with van der Waals surface area (Å²) in [5.41, 5.74) is 1.34. The maximum atomic E-state index is 4.86. The number of benzene rings is 1. The van der Waals surface area contributed by atoms with Gasteiger partial charge in [0.05, 0.1) is 6.04 Å². The molecule has 0 radical (unpaired) electrons. The minimum absolute atomic E-state index is 0.340. The van der Waals surface area contributed by atoms with Crippen LogP contribution in [0.3, 0.4) is 0 Å². The molecule has 1 aromatic carbocycles. The molecule has 1 saturated carbocycles. The first-order valence-corrected chi connectivity index (χ1v) is 8.33. The molecule has 0 aromatic heterocycles. The molecule has 102 valence electrons. The molecule has 0 saturated heterocycles. The van der Waals surface area contributed by atoms with Gasteiger partial charge in [-0.15, -0.1) is 0 Å². The summed E-state index contributed by atoms with van der Waals surface area (Å²) in [5, 5.41) is 4.84. The first-order valence-electron chi connectivity index (χ1n) is 7.35. The van der Waals surface area contributed by atoms with E-state index in [4.69, 9.17) is 4.99 Å². The van der Waals surface area contributed by atoms with E-state index in [2.05, 4.69) is 42.6 Å². The Kier molecular flexibility index (Phi) is 4.12. The van der Waals surface area contributed by atoms with E-state index in [1.165, 1.54) is 31.2 Å². The number of nitrogens with zero attached hydrogens (tertiary/aromatic N) is 1. The van der Waals surface area contributed by atoms with Crippen molar-refractivity contribution >= 4 is 16.9 Å². The lowest BCUT2D eigenvalue weighted by Gasteiger charge is -2.29. The highest BCUT2D eigenvalue weighted by molar-refractivity contribution is 8.14. The van der Waals surface area contributed by atoms with Crippen molar-refractivity contribution in [3.8, 4) is 0 Å². The van der Waals surface area contributed by atoms with Gasteiger partial charge in [-0.05, 0) is 24.3 Å². The number of aliphatic imine (C=N–C) groups is 1. The molecule has 0 spiro atoms. The standard InChI is InChI=1S/C16H22N2S/c1-12-7-5-6-10-14(12)17-16-18-15(11-19-16)13-8-3-2-4-9-13/h2-4,8-9,12,14-15H,5-7,10-11H2,1H3,(H,17,18). The molecule has 1 fully saturated rings. The van der Waals surface area contributed by atoms with Gasteiger partial charge in [-0.25, -0.2) is 0 Å². The van der Waals surface area contributed by atoms with Crippen molar-refractivity contribution in [3.63, 3.8) is 0 Å².